The van der Waals surface area contributed by atoms with Crippen LogP contribution in [0.5, 0.6) is 0 Å². The van der Waals surface area contributed by atoms with Crippen molar-refractivity contribution in [3.8, 4) is 0 Å². The van der Waals surface area contributed by atoms with Gasteiger partial charge >= 0.3 is 0 Å². The molecule has 0 aliphatic carbocycles. The molecule has 0 unspecified atom stereocenters. The van der Waals surface area contributed by atoms with Gasteiger partial charge in [-0.25, -0.2) is 4.99 Å². The monoisotopic (exact) mass is 429 g/mol. The Hall–Kier alpha value is -1.08. The molecule has 0 radical (unpaired) electrons. The molecule has 0 spiro atoms. The van der Waals surface area contributed by atoms with Gasteiger partial charge in [0.2, 0.25) is 0 Å². The van der Waals surface area contributed by atoms with Crippen molar-refractivity contribution in [1.29, 1.82) is 0 Å². The second kappa shape index (κ2) is 10.6. The lowest BCUT2D eigenvalue weighted by Crippen LogP contribution is -2.36. The normalized spacial score (nSPS) is 10.9. The van der Waals surface area contributed by atoms with Crippen molar-refractivity contribution in [3.05, 3.63) is 57.8 Å². The Morgan fingerprint density at radius 2 is 1.82 bits per heavy atom. The predicted molar refractivity (Wildman–Crippen MR) is 107 cm³/mol. The van der Waals surface area contributed by atoms with E-state index in [0.717, 1.165) is 25.5 Å². The molecule has 0 saturated heterocycles. The standard InChI is InChI=1S/C17H23N3S.HI/c1-3-14-8-5-6-9-15(14)12-19-17(18-4-2)20-13-16-10-7-11-21-16;/h5-11H,3-4,12-13H2,1-2H3,(H2,18,19,20);1H. The SMILES string of the molecule is CCNC(=NCc1ccccc1CC)NCc1cccs1.I. The number of benzene rings is 1. The molecule has 0 aliphatic heterocycles. The van der Waals surface area contributed by atoms with Crippen molar-refractivity contribution in [2.45, 2.75) is 33.4 Å². The molecular formula is C17H24IN3S. The molecule has 5 heteroatoms. The van der Waals surface area contributed by atoms with E-state index in [1.165, 1.54) is 16.0 Å². The van der Waals surface area contributed by atoms with Gasteiger partial charge in [0.15, 0.2) is 5.96 Å². The maximum absolute atomic E-state index is 4.69. The minimum Gasteiger partial charge on any atom is -0.357 e. The third-order valence-electron chi connectivity index (χ3n) is 3.26. The fourth-order valence-corrected chi connectivity index (χ4v) is 2.79. The Bertz CT molecular complexity index is 567. The van der Waals surface area contributed by atoms with Crippen LogP contribution in [-0.4, -0.2) is 12.5 Å². The van der Waals surface area contributed by atoms with Crippen LogP contribution >= 0.6 is 35.3 Å². The first-order chi connectivity index (χ1) is 10.3. The lowest BCUT2D eigenvalue weighted by molar-refractivity contribution is 0.821. The summed E-state index contributed by atoms with van der Waals surface area (Å²) in [5.41, 5.74) is 2.67. The zero-order valence-electron chi connectivity index (χ0n) is 13.1. The lowest BCUT2D eigenvalue weighted by Gasteiger charge is -2.11. The van der Waals surface area contributed by atoms with E-state index in [-0.39, 0.29) is 24.0 Å². The smallest absolute Gasteiger partial charge is 0.191 e. The number of hydrogen-bond acceptors (Lipinski definition) is 2. The minimum absolute atomic E-state index is 0. The van der Waals surface area contributed by atoms with Crippen molar-refractivity contribution in [2.24, 2.45) is 4.99 Å². The number of aryl methyl sites for hydroxylation is 1. The first-order valence-corrected chi connectivity index (χ1v) is 8.32. The maximum atomic E-state index is 4.69. The summed E-state index contributed by atoms with van der Waals surface area (Å²) < 4.78 is 0. The van der Waals surface area contributed by atoms with Gasteiger partial charge < -0.3 is 10.6 Å². The van der Waals surface area contributed by atoms with E-state index < -0.39 is 0 Å². The van der Waals surface area contributed by atoms with Gasteiger partial charge in [-0.2, -0.15) is 0 Å². The Morgan fingerprint density at radius 3 is 2.45 bits per heavy atom. The van der Waals surface area contributed by atoms with Crippen molar-refractivity contribution in [1.82, 2.24) is 10.6 Å². The summed E-state index contributed by atoms with van der Waals surface area (Å²) in [5, 5.41) is 8.77. The van der Waals surface area contributed by atoms with Gasteiger partial charge in [0.25, 0.3) is 0 Å². The summed E-state index contributed by atoms with van der Waals surface area (Å²) in [6, 6.07) is 12.7. The number of nitrogens with zero attached hydrogens (tertiary/aromatic N) is 1. The average Bonchev–Trinajstić information content (AvgIpc) is 3.03. The van der Waals surface area contributed by atoms with Crippen molar-refractivity contribution in [2.75, 3.05) is 6.54 Å². The molecule has 3 nitrogen and oxygen atoms in total. The highest BCUT2D eigenvalue weighted by molar-refractivity contribution is 14.0. The highest BCUT2D eigenvalue weighted by Gasteiger charge is 2.01. The van der Waals surface area contributed by atoms with E-state index in [4.69, 9.17) is 4.99 Å². The number of nitrogens with one attached hydrogen (secondary N) is 2. The van der Waals surface area contributed by atoms with Gasteiger partial charge in [-0.15, -0.1) is 35.3 Å². The molecule has 2 N–H and O–H groups in total. The van der Waals surface area contributed by atoms with Crippen LogP contribution in [-0.2, 0) is 19.5 Å². The largest absolute Gasteiger partial charge is 0.357 e. The van der Waals surface area contributed by atoms with Crippen LogP contribution in [0.25, 0.3) is 0 Å². The molecule has 0 aliphatic rings. The molecule has 0 fully saturated rings. The third-order valence-corrected chi connectivity index (χ3v) is 4.14. The van der Waals surface area contributed by atoms with Crippen LogP contribution in [0.3, 0.4) is 0 Å². The second-order valence-electron chi connectivity index (χ2n) is 4.75. The van der Waals surface area contributed by atoms with Crippen LogP contribution in [0.4, 0.5) is 0 Å². The zero-order valence-corrected chi connectivity index (χ0v) is 16.3. The number of rotatable bonds is 6. The van der Waals surface area contributed by atoms with Crippen molar-refractivity contribution in [3.63, 3.8) is 0 Å². The van der Waals surface area contributed by atoms with Crippen LogP contribution in [0.15, 0.2) is 46.8 Å². The minimum atomic E-state index is 0. The molecule has 2 aromatic rings. The van der Waals surface area contributed by atoms with E-state index in [9.17, 15) is 0 Å². The Labute approximate surface area is 154 Å². The fourth-order valence-electron chi connectivity index (χ4n) is 2.15. The molecule has 1 aromatic heterocycles. The number of thiophene rings is 1. The van der Waals surface area contributed by atoms with Gasteiger partial charge in [0, 0.05) is 11.4 Å². The van der Waals surface area contributed by atoms with Gasteiger partial charge in [-0.1, -0.05) is 37.3 Å². The molecule has 0 saturated carbocycles. The van der Waals surface area contributed by atoms with E-state index in [1.807, 2.05) is 0 Å². The lowest BCUT2D eigenvalue weighted by atomic mass is 10.1. The first kappa shape index (κ1) is 19.0. The van der Waals surface area contributed by atoms with E-state index in [2.05, 4.69) is 66.3 Å². The van der Waals surface area contributed by atoms with Gasteiger partial charge in [-0.3, -0.25) is 0 Å². The molecule has 0 bridgehead atoms. The van der Waals surface area contributed by atoms with Crippen molar-refractivity contribution >= 4 is 41.3 Å². The quantitative estimate of drug-likeness (QED) is 0.411. The van der Waals surface area contributed by atoms with E-state index in [0.29, 0.717) is 6.54 Å². The molecule has 22 heavy (non-hydrogen) atoms. The second-order valence-corrected chi connectivity index (χ2v) is 5.78. The predicted octanol–water partition coefficient (Wildman–Crippen LogP) is 4.18. The third kappa shape index (κ3) is 5.96. The Kier molecular flexibility index (Phi) is 9.15. The van der Waals surface area contributed by atoms with Crippen LogP contribution in [0.1, 0.15) is 29.9 Å². The molecule has 0 atom stereocenters. The van der Waals surface area contributed by atoms with Crippen LogP contribution in [0, 0.1) is 0 Å². The average molecular weight is 429 g/mol. The Balaban J connectivity index is 0.00000242. The van der Waals surface area contributed by atoms with Gasteiger partial charge in [0.1, 0.15) is 0 Å². The molecule has 1 aromatic carbocycles. The summed E-state index contributed by atoms with van der Waals surface area (Å²) in [6.45, 7) is 6.67. The molecule has 120 valence electrons. The Morgan fingerprint density at radius 1 is 1.05 bits per heavy atom. The summed E-state index contributed by atoms with van der Waals surface area (Å²) in [7, 11) is 0. The first-order valence-electron chi connectivity index (χ1n) is 7.44. The van der Waals surface area contributed by atoms with Crippen LogP contribution < -0.4 is 10.6 Å². The number of aliphatic imine (C=N–C) groups is 1. The summed E-state index contributed by atoms with van der Waals surface area (Å²) in [4.78, 5) is 6.01. The number of guanidine groups is 1. The summed E-state index contributed by atoms with van der Waals surface area (Å²) in [5.74, 6) is 0.872. The van der Waals surface area contributed by atoms with Crippen molar-refractivity contribution < 1.29 is 0 Å². The van der Waals surface area contributed by atoms with Gasteiger partial charge in [0.05, 0.1) is 13.1 Å². The summed E-state index contributed by atoms with van der Waals surface area (Å²) in [6.07, 6.45) is 1.05. The molecule has 1 heterocycles. The zero-order chi connectivity index (χ0) is 14.9. The molecule has 2 rings (SSSR count). The van der Waals surface area contributed by atoms with E-state index >= 15 is 0 Å². The molecular weight excluding hydrogens is 405 g/mol. The highest BCUT2D eigenvalue weighted by Crippen LogP contribution is 2.11. The van der Waals surface area contributed by atoms with E-state index in [1.54, 1.807) is 11.3 Å². The van der Waals surface area contributed by atoms with Crippen LogP contribution in [0.2, 0.25) is 0 Å². The van der Waals surface area contributed by atoms with Gasteiger partial charge in [-0.05, 0) is 35.9 Å². The highest BCUT2D eigenvalue weighted by atomic mass is 127. The number of hydrogen-bond donors (Lipinski definition) is 2. The number of halogens is 1. The fraction of sp³-hybridized carbons (Fsp3) is 0.353. The molecule has 0 amide bonds. The topological polar surface area (TPSA) is 36.4 Å². The maximum Gasteiger partial charge on any atom is 0.191 e. The summed E-state index contributed by atoms with van der Waals surface area (Å²) >= 11 is 1.76.